The van der Waals surface area contributed by atoms with E-state index in [1.54, 1.807) is 12.1 Å². The number of rotatable bonds is 5. The Labute approximate surface area is 121 Å². The van der Waals surface area contributed by atoms with Crippen LogP contribution in [0.15, 0.2) is 46.9 Å². The Morgan fingerprint density at radius 2 is 1.90 bits per heavy atom. The molecule has 0 saturated carbocycles. The van der Waals surface area contributed by atoms with E-state index in [-0.39, 0.29) is 18.2 Å². The van der Waals surface area contributed by atoms with Crippen LogP contribution in [0.25, 0.3) is 17.4 Å². The summed E-state index contributed by atoms with van der Waals surface area (Å²) in [5.74, 6) is -0.979. The topological polar surface area (TPSA) is 76.7 Å². The van der Waals surface area contributed by atoms with Crippen molar-refractivity contribution in [2.45, 2.75) is 6.42 Å². The Morgan fingerprint density at radius 3 is 2.48 bits per heavy atom. The van der Waals surface area contributed by atoms with Gasteiger partial charge in [0, 0.05) is 5.56 Å². The minimum Gasteiger partial charge on any atom is -0.475 e. The number of carboxylic acids is 1. The third-order valence-electron chi connectivity index (χ3n) is 2.83. The summed E-state index contributed by atoms with van der Waals surface area (Å²) < 4.78 is 9.76. The van der Waals surface area contributed by atoms with Gasteiger partial charge in [-0.25, -0.2) is 4.79 Å². The first-order chi connectivity index (χ1) is 10.1. The minimum atomic E-state index is -1.09. The molecule has 2 rings (SSSR count). The molecule has 0 aliphatic carbocycles. The molecule has 108 valence electrons. The first kappa shape index (κ1) is 14.6. The van der Waals surface area contributed by atoms with Crippen LogP contribution in [0.3, 0.4) is 0 Å². The zero-order chi connectivity index (χ0) is 15.2. The van der Waals surface area contributed by atoms with E-state index in [1.165, 1.54) is 13.2 Å². The van der Waals surface area contributed by atoms with Crippen LogP contribution in [0.1, 0.15) is 22.5 Å². The van der Waals surface area contributed by atoms with E-state index in [2.05, 4.69) is 4.74 Å². The molecule has 1 aromatic heterocycles. The van der Waals surface area contributed by atoms with Gasteiger partial charge in [-0.05, 0) is 17.7 Å². The SMILES string of the molecule is COC(=O)CC=Cc1ccc(-c2ccc(C(=O)O)o2)cc1. The van der Waals surface area contributed by atoms with Gasteiger partial charge >= 0.3 is 11.9 Å². The Kier molecular flexibility index (Phi) is 4.56. The quantitative estimate of drug-likeness (QED) is 0.854. The lowest BCUT2D eigenvalue weighted by atomic mass is 10.1. The van der Waals surface area contributed by atoms with Crippen LogP contribution in [-0.4, -0.2) is 24.2 Å². The van der Waals surface area contributed by atoms with Crippen LogP contribution < -0.4 is 0 Å². The smallest absolute Gasteiger partial charge is 0.371 e. The standard InChI is InChI=1S/C16H14O5/c1-20-15(17)4-2-3-11-5-7-12(8-6-11)13-9-10-14(21-13)16(18)19/h2-3,5-10H,4H2,1H3,(H,18,19). The van der Waals surface area contributed by atoms with Crippen LogP contribution in [0.5, 0.6) is 0 Å². The van der Waals surface area contributed by atoms with Crippen molar-refractivity contribution in [3.05, 3.63) is 53.8 Å². The highest BCUT2D eigenvalue weighted by Gasteiger charge is 2.09. The highest BCUT2D eigenvalue weighted by molar-refractivity contribution is 5.85. The maximum absolute atomic E-state index is 11.0. The zero-order valence-electron chi connectivity index (χ0n) is 11.4. The average Bonchev–Trinajstić information content (AvgIpc) is 2.98. The fourth-order valence-electron chi connectivity index (χ4n) is 1.74. The van der Waals surface area contributed by atoms with E-state index < -0.39 is 5.97 Å². The second-order valence-electron chi connectivity index (χ2n) is 4.27. The predicted octanol–water partition coefficient (Wildman–Crippen LogP) is 3.22. The molecule has 0 unspecified atom stereocenters. The Bertz CT molecular complexity index is 664. The maximum atomic E-state index is 11.0. The molecule has 1 N–H and O–H groups in total. The second-order valence-corrected chi connectivity index (χ2v) is 4.27. The van der Waals surface area contributed by atoms with Crippen molar-refractivity contribution in [2.24, 2.45) is 0 Å². The molecule has 2 aromatic rings. The van der Waals surface area contributed by atoms with Gasteiger partial charge in [0.15, 0.2) is 0 Å². The van der Waals surface area contributed by atoms with Gasteiger partial charge in [0.05, 0.1) is 13.5 Å². The van der Waals surface area contributed by atoms with Crippen LogP contribution in [0.4, 0.5) is 0 Å². The molecule has 5 nitrogen and oxygen atoms in total. The van der Waals surface area contributed by atoms with Gasteiger partial charge in [-0.15, -0.1) is 0 Å². The fourth-order valence-corrected chi connectivity index (χ4v) is 1.74. The lowest BCUT2D eigenvalue weighted by Crippen LogP contribution is -1.96. The fraction of sp³-hybridized carbons (Fsp3) is 0.125. The highest BCUT2D eigenvalue weighted by atomic mass is 16.5. The van der Waals surface area contributed by atoms with Crippen molar-refractivity contribution in [3.8, 4) is 11.3 Å². The molecule has 0 aliphatic rings. The van der Waals surface area contributed by atoms with Crippen LogP contribution in [-0.2, 0) is 9.53 Å². The first-order valence-electron chi connectivity index (χ1n) is 6.27. The summed E-state index contributed by atoms with van der Waals surface area (Å²) in [6.45, 7) is 0. The van der Waals surface area contributed by atoms with Gasteiger partial charge in [-0.1, -0.05) is 36.4 Å². The van der Waals surface area contributed by atoms with Gasteiger partial charge in [0.1, 0.15) is 5.76 Å². The molecule has 0 bridgehead atoms. The molecule has 5 heteroatoms. The molecule has 0 amide bonds. The minimum absolute atomic E-state index is 0.0907. The van der Waals surface area contributed by atoms with Crippen LogP contribution >= 0.6 is 0 Å². The molecule has 1 aromatic carbocycles. The molecule has 0 fully saturated rings. The predicted molar refractivity (Wildman–Crippen MR) is 76.8 cm³/mol. The van der Waals surface area contributed by atoms with E-state index in [1.807, 2.05) is 30.3 Å². The number of furan rings is 1. The lowest BCUT2D eigenvalue weighted by Gasteiger charge is -1.98. The summed E-state index contributed by atoms with van der Waals surface area (Å²) in [5.41, 5.74) is 1.71. The molecule has 0 spiro atoms. The number of carboxylic acid groups (broad SMARTS) is 1. The van der Waals surface area contributed by atoms with Gasteiger partial charge in [0.2, 0.25) is 5.76 Å². The monoisotopic (exact) mass is 286 g/mol. The summed E-state index contributed by atoms with van der Waals surface area (Å²) in [4.78, 5) is 21.7. The van der Waals surface area contributed by atoms with Crippen molar-refractivity contribution in [1.29, 1.82) is 0 Å². The number of aromatic carboxylic acids is 1. The number of esters is 1. The molecule has 0 saturated heterocycles. The van der Waals surface area contributed by atoms with E-state index in [9.17, 15) is 9.59 Å². The summed E-state index contributed by atoms with van der Waals surface area (Å²) >= 11 is 0. The van der Waals surface area contributed by atoms with E-state index in [0.717, 1.165) is 11.1 Å². The van der Waals surface area contributed by atoms with Gasteiger partial charge in [-0.2, -0.15) is 0 Å². The number of benzene rings is 1. The van der Waals surface area contributed by atoms with Crippen molar-refractivity contribution < 1.29 is 23.8 Å². The number of hydrogen-bond acceptors (Lipinski definition) is 4. The van der Waals surface area contributed by atoms with Crippen LogP contribution in [0.2, 0.25) is 0 Å². The van der Waals surface area contributed by atoms with E-state index in [0.29, 0.717) is 5.76 Å². The average molecular weight is 286 g/mol. The number of methoxy groups -OCH3 is 1. The Morgan fingerprint density at radius 1 is 1.19 bits per heavy atom. The molecule has 21 heavy (non-hydrogen) atoms. The second kappa shape index (κ2) is 6.56. The zero-order valence-corrected chi connectivity index (χ0v) is 11.4. The molecule has 0 radical (unpaired) electrons. The number of hydrogen-bond donors (Lipinski definition) is 1. The Hall–Kier alpha value is -2.82. The van der Waals surface area contributed by atoms with Gasteiger partial charge < -0.3 is 14.3 Å². The molecule has 1 heterocycles. The third kappa shape index (κ3) is 3.82. The normalized spacial score (nSPS) is 10.7. The number of carbonyl (C=O) groups is 2. The molecular formula is C16H14O5. The number of ether oxygens (including phenoxy) is 1. The van der Waals surface area contributed by atoms with Crippen molar-refractivity contribution >= 4 is 18.0 Å². The van der Waals surface area contributed by atoms with E-state index >= 15 is 0 Å². The Balaban J connectivity index is 2.07. The molecule has 0 atom stereocenters. The highest BCUT2D eigenvalue weighted by Crippen LogP contribution is 2.23. The number of carbonyl (C=O) groups excluding carboxylic acids is 1. The lowest BCUT2D eigenvalue weighted by molar-refractivity contribution is -0.139. The first-order valence-corrected chi connectivity index (χ1v) is 6.27. The summed E-state index contributed by atoms with van der Waals surface area (Å²) in [6, 6.07) is 10.4. The summed E-state index contributed by atoms with van der Waals surface area (Å²) in [7, 11) is 1.35. The van der Waals surface area contributed by atoms with Crippen molar-refractivity contribution in [3.63, 3.8) is 0 Å². The van der Waals surface area contributed by atoms with Crippen molar-refractivity contribution in [1.82, 2.24) is 0 Å². The van der Waals surface area contributed by atoms with Crippen molar-refractivity contribution in [2.75, 3.05) is 7.11 Å². The summed E-state index contributed by atoms with van der Waals surface area (Å²) in [5, 5.41) is 8.81. The van der Waals surface area contributed by atoms with Gasteiger partial charge in [-0.3, -0.25) is 4.79 Å². The largest absolute Gasteiger partial charge is 0.475 e. The third-order valence-corrected chi connectivity index (χ3v) is 2.83. The molecule has 0 aliphatic heterocycles. The molecular weight excluding hydrogens is 272 g/mol. The summed E-state index contributed by atoms with van der Waals surface area (Å²) in [6.07, 6.45) is 3.75. The van der Waals surface area contributed by atoms with E-state index in [4.69, 9.17) is 9.52 Å². The van der Waals surface area contributed by atoms with Crippen LogP contribution in [0, 0.1) is 0 Å². The maximum Gasteiger partial charge on any atom is 0.371 e. The van der Waals surface area contributed by atoms with Gasteiger partial charge in [0.25, 0.3) is 0 Å².